The summed E-state index contributed by atoms with van der Waals surface area (Å²) in [6.45, 7) is -1.74. The van der Waals surface area contributed by atoms with Gasteiger partial charge in [0.1, 0.15) is 56.2 Å². The van der Waals surface area contributed by atoms with Crippen LogP contribution < -0.4 is 0 Å². The Labute approximate surface area is 177 Å². The monoisotopic (exact) mass is 434 g/mol. The normalized spacial score (nSPS) is 11.1. The van der Waals surface area contributed by atoms with Gasteiger partial charge in [0.2, 0.25) is 0 Å². The Morgan fingerprint density at radius 2 is 0.742 bits per heavy atom. The molecule has 162 valence electrons. The van der Waals surface area contributed by atoms with Crippen molar-refractivity contribution < 1.29 is 43.3 Å². The molecule has 0 aliphatic heterocycles. The Kier molecular flexibility index (Phi) is 12.3. The lowest BCUT2D eigenvalue weighted by molar-refractivity contribution is -0.387. The number of ether oxygens (including phenoxy) is 3. The summed E-state index contributed by atoms with van der Waals surface area (Å²) in [4.78, 5) is 27.9. The van der Waals surface area contributed by atoms with Gasteiger partial charge in [0.05, 0.1) is 0 Å². The van der Waals surface area contributed by atoms with Gasteiger partial charge in [0.15, 0.2) is 0 Å². The first-order valence-electron chi connectivity index (χ1n) is 7.81. The highest BCUT2D eigenvalue weighted by Gasteiger charge is 2.44. The van der Waals surface area contributed by atoms with Crippen molar-refractivity contribution in [1.82, 2.24) is 0 Å². The van der Waals surface area contributed by atoms with Crippen molar-refractivity contribution in [2.24, 2.45) is 0 Å². The lowest BCUT2D eigenvalue weighted by atomic mass is 10.1. The maximum atomic E-state index is 9.12. The van der Waals surface area contributed by atoms with Gasteiger partial charge >= 0.3 is 7.32 Å². The predicted molar refractivity (Wildman–Crippen MR) is 89.8 cm³/mol. The Bertz CT molecular complexity index is 679. The molecule has 0 atom stereocenters. The van der Waals surface area contributed by atoms with Crippen molar-refractivity contribution >= 4 is 7.32 Å². The van der Waals surface area contributed by atoms with Crippen LogP contribution >= 0.6 is 0 Å². The topological polar surface area (TPSA) is 226 Å². The summed E-state index contributed by atoms with van der Waals surface area (Å²) in [6, 6.07) is 8.86. The molecule has 0 saturated carbocycles. The van der Waals surface area contributed by atoms with Crippen molar-refractivity contribution in [2.45, 2.75) is 16.8 Å². The van der Waals surface area contributed by atoms with Crippen LogP contribution in [-0.2, 0) is 43.3 Å². The standard InChI is InChI=1S/C15H15BN6O9/c1-23-10-13(4-17,5-18)26-29-16(30-27-14(6-19,7-20)11-24-2)31-28-15(8-21,9-22)12-25-3/h10-12H2,1-3H3. The third-order valence-corrected chi connectivity index (χ3v) is 2.93. The number of hydrogen-bond acceptors (Lipinski definition) is 15. The highest BCUT2D eigenvalue weighted by molar-refractivity contribution is 6.35. The summed E-state index contributed by atoms with van der Waals surface area (Å²) < 4.78 is 14.1. The summed E-state index contributed by atoms with van der Waals surface area (Å²) >= 11 is 0. The molecule has 0 bridgehead atoms. The maximum absolute atomic E-state index is 9.12. The van der Waals surface area contributed by atoms with Crippen LogP contribution in [0.1, 0.15) is 0 Å². The molecule has 0 N–H and O–H groups in total. The third kappa shape index (κ3) is 8.12. The first-order valence-corrected chi connectivity index (χ1v) is 7.81. The molecule has 16 heteroatoms. The molecule has 0 unspecified atom stereocenters. The minimum absolute atomic E-state index is 0.581. The van der Waals surface area contributed by atoms with Crippen LogP contribution in [0.5, 0.6) is 0 Å². The van der Waals surface area contributed by atoms with Gasteiger partial charge in [-0.15, -0.1) is 0 Å². The molecule has 0 amide bonds. The van der Waals surface area contributed by atoms with E-state index >= 15 is 0 Å². The fourth-order valence-corrected chi connectivity index (χ4v) is 1.47. The molecule has 0 rings (SSSR count). The van der Waals surface area contributed by atoms with Crippen LogP contribution in [0.2, 0.25) is 0 Å². The fourth-order valence-electron chi connectivity index (χ4n) is 1.47. The Balaban J connectivity index is 5.58. The van der Waals surface area contributed by atoms with Crippen molar-refractivity contribution in [3.63, 3.8) is 0 Å². The highest BCUT2D eigenvalue weighted by atomic mass is 17.3. The molecule has 0 radical (unpaired) electrons. The average molecular weight is 434 g/mol. The van der Waals surface area contributed by atoms with E-state index in [0.717, 1.165) is 0 Å². The number of nitrogens with zero attached hydrogens (tertiary/aromatic N) is 6. The van der Waals surface area contributed by atoms with E-state index in [9.17, 15) is 0 Å². The summed E-state index contributed by atoms with van der Waals surface area (Å²) in [5.41, 5.74) is -6.91. The molecule has 0 aliphatic rings. The van der Waals surface area contributed by atoms with Crippen LogP contribution in [0.25, 0.3) is 0 Å². The van der Waals surface area contributed by atoms with E-state index in [1.165, 1.54) is 57.7 Å². The Morgan fingerprint density at radius 3 is 0.903 bits per heavy atom. The second-order valence-corrected chi connectivity index (χ2v) is 5.28. The van der Waals surface area contributed by atoms with Gasteiger partial charge in [-0.1, -0.05) is 0 Å². The molecule has 0 heterocycles. The Hall–Kier alpha value is -3.36. The third-order valence-electron chi connectivity index (χ3n) is 2.93. The van der Waals surface area contributed by atoms with Gasteiger partial charge in [0, 0.05) is 21.3 Å². The minimum atomic E-state index is -2.30. The van der Waals surface area contributed by atoms with Crippen LogP contribution in [0, 0.1) is 68.0 Å². The maximum Gasteiger partial charge on any atom is 0.725 e. The second kappa shape index (κ2) is 13.8. The Morgan fingerprint density at radius 1 is 0.516 bits per heavy atom. The first-order chi connectivity index (χ1) is 14.8. The quantitative estimate of drug-likeness (QED) is 0.173. The van der Waals surface area contributed by atoms with E-state index < -0.39 is 43.9 Å². The predicted octanol–water partition coefficient (Wildman–Crippen LogP) is -0.887. The van der Waals surface area contributed by atoms with E-state index in [1.54, 1.807) is 0 Å². The number of rotatable bonds is 15. The largest absolute Gasteiger partial charge is 0.725 e. The zero-order valence-electron chi connectivity index (χ0n) is 16.6. The lowest BCUT2D eigenvalue weighted by Crippen LogP contribution is -2.44. The second-order valence-electron chi connectivity index (χ2n) is 5.28. The lowest BCUT2D eigenvalue weighted by Gasteiger charge is -2.23. The first kappa shape index (κ1) is 27.6. The van der Waals surface area contributed by atoms with Gasteiger partial charge in [-0.25, -0.2) is 29.1 Å². The van der Waals surface area contributed by atoms with Crippen molar-refractivity contribution in [3.8, 4) is 36.4 Å². The van der Waals surface area contributed by atoms with Gasteiger partial charge in [-0.05, 0) is 0 Å². The molecule has 0 aromatic carbocycles. The molecule has 0 aromatic heterocycles. The molecular weight excluding hydrogens is 419 g/mol. The molecule has 0 fully saturated rings. The highest BCUT2D eigenvalue weighted by Crippen LogP contribution is 2.17. The molecular formula is C15H15BN6O9. The molecule has 15 nitrogen and oxygen atoms in total. The van der Waals surface area contributed by atoms with Gasteiger partial charge in [0.25, 0.3) is 16.8 Å². The summed E-state index contributed by atoms with van der Waals surface area (Å²) in [5.74, 6) is 0. The molecule has 0 aromatic rings. The average Bonchev–Trinajstić information content (AvgIpc) is 2.81. The summed E-state index contributed by atoms with van der Waals surface area (Å²) in [7, 11) is 1.21. The van der Waals surface area contributed by atoms with Crippen LogP contribution in [0.4, 0.5) is 0 Å². The number of nitriles is 6. The van der Waals surface area contributed by atoms with Gasteiger partial charge in [-0.2, -0.15) is 31.6 Å². The van der Waals surface area contributed by atoms with E-state index in [2.05, 4.69) is 43.3 Å². The molecule has 0 saturated heterocycles. The van der Waals surface area contributed by atoms with Crippen molar-refractivity contribution in [1.29, 1.82) is 31.6 Å². The zero-order valence-corrected chi connectivity index (χ0v) is 16.6. The van der Waals surface area contributed by atoms with Crippen molar-refractivity contribution in [2.75, 3.05) is 41.2 Å². The summed E-state index contributed by atoms with van der Waals surface area (Å²) in [6.07, 6.45) is 0. The molecule has 31 heavy (non-hydrogen) atoms. The van der Waals surface area contributed by atoms with Crippen LogP contribution in [0.3, 0.4) is 0 Å². The smallest absolute Gasteiger partial charge is 0.379 e. The molecule has 0 spiro atoms. The van der Waals surface area contributed by atoms with E-state index in [1.807, 2.05) is 0 Å². The molecule has 0 aliphatic carbocycles. The van der Waals surface area contributed by atoms with E-state index in [4.69, 9.17) is 31.6 Å². The fraction of sp³-hybridized carbons (Fsp3) is 0.600. The summed E-state index contributed by atoms with van der Waals surface area (Å²) in [5, 5.41) is 54.7. The number of methoxy groups -OCH3 is 3. The van der Waals surface area contributed by atoms with E-state index in [-0.39, 0.29) is 0 Å². The zero-order chi connectivity index (χ0) is 23.8. The van der Waals surface area contributed by atoms with Gasteiger partial charge < -0.3 is 14.2 Å². The van der Waals surface area contributed by atoms with Gasteiger partial charge in [-0.3, -0.25) is 0 Å². The SMILES string of the molecule is COCC(C#N)(C#N)OOB(OOC(C#N)(C#N)COC)OOC(C#N)(C#N)COC. The van der Waals surface area contributed by atoms with Crippen molar-refractivity contribution in [3.05, 3.63) is 0 Å². The van der Waals surface area contributed by atoms with Crippen LogP contribution in [-0.4, -0.2) is 65.3 Å². The number of hydrogen-bond donors (Lipinski definition) is 0. The minimum Gasteiger partial charge on any atom is -0.379 e. The van der Waals surface area contributed by atoms with Crippen LogP contribution in [0.15, 0.2) is 0 Å². The van der Waals surface area contributed by atoms with E-state index in [0.29, 0.717) is 0 Å².